The second-order valence-electron chi connectivity index (χ2n) is 4.40. The maximum Gasteiger partial charge on any atom is 0.163 e. The van der Waals surface area contributed by atoms with E-state index in [9.17, 15) is 0 Å². The van der Waals surface area contributed by atoms with Crippen molar-refractivity contribution in [3.63, 3.8) is 0 Å². The Kier molecular flexibility index (Phi) is 3.25. The molecule has 0 unspecified atom stereocenters. The average molecular weight is 273 g/mol. The fourth-order valence-corrected chi connectivity index (χ4v) is 2.92. The van der Waals surface area contributed by atoms with Gasteiger partial charge in [0, 0.05) is 27.6 Å². The molecule has 0 amide bonds. The van der Waals surface area contributed by atoms with E-state index in [1.807, 2.05) is 24.3 Å². The molecular weight excluding hydrogens is 258 g/mol. The van der Waals surface area contributed by atoms with E-state index in [-0.39, 0.29) is 0 Å². The van der Waals surface area contributed by atoms with E-state index >= 15 is 0 Å². The van der Waals surface area contributed by atoms with Crippen LogP contribution in [-0.4, -0.2) is 13.2 Å². The van der Waals surface area contributed by atoms with Gasteiger partial charge in [0.2, 0.25) is 0 Å². The third-order valence-electron chi connectivity index (χ3n) is 2.99. The molecule has 4 heteroatoms. The van der Waals surface area contributed by atoms with Crippen molar-refractivity contribution in [2.24, 2.45) is 0 Å². The normalized spacial score (nSPS) is 13.3. The summed E-state index contributed by atoms with van der Waals surface area (Å²) in [5.74, 6) is 1.51. The molecule has 0 radical (unpaired) electrons. The van der Waals surface area contributed by atoms with E-state index in [1.54, 1.807) is 11.8 Å². The Hall–Kier alpha value is -1.81. The molecule has 0 saturated heterocycles. The molecule has 3 rings (SSSR count). The lowest BCUT2D eigenvalue weighted by molar-refractivity contribution is 0.171. The Bertz CT molecular complexity index is 613. The molecule has 0 atom stereocenters. The van der Waals surface area contributed by atoms with E-state index in [2.05, 4.69) is 19.1 Å². The number of aryl methyl sites for hydroxylation is 1. The Morgan fingerprint density at radius 3 is 2.42 bits per heavy atom. The molecule has 2 aromatic rings. The number of hydrogen-bond acceptors (Lipinski definition) is 4. The van der Waals surface area contributed by atoms with E-state index in [4.69, 9.17) is 15.2 Å². The van der Waals surface area contributed by atoms with Gasteiger partial charge < -0.3 is 15.2 Å². The molecule has 0 aliphatic carbocycles. The highest BCUT2D eigenvalue weighted by Gasteiger charge is 2.15. The summed E-state index contributed by atoms with van der Waals surface area (Å²) in [5.41, 5.74) is 8.04. The molecule has 0 bridgehead atoms. The summed E-state index contributed by atoms with van der Waals surface area (Å²) in [5, 5.41) is 0. The smallest absolute Gasteiger partial charge is 0.163 e. The minimum absolute atomic E-state index is 0.580. The van der Waals surface area contributed by atoms with Gasteiger partial charge in [-0.2, -0.15) is 0 Å². The molecule has 1 aliphatic heterocycles. The van der Waals surface area contributed by atoms with Crippen molar-refractivity contribution in [3.05, 3.63) is 42.0 Å². The van der Waals surface area contributed by atoms with Crippen LogP contribution in [0.2, 0.25) is 0 Å². The lowest BCUT2D eigenvalue weighted by atomic mass is 10.2. The summed E-state index contributed by atoms with van der Waals surface area (Å²) < 4.78 is 11.1. The van der Waals surface area contributed by atoms with Crippen molar-refractivity contribution >= 4 is 17.4 Å². The number of nitrogens with two attached hydrogens (primary N) is 1. The Morgan fingerprint density at radius 2 is 1.68 bits per heavy atom. The van der Waals surface area contributed by atoms with Crippen LogP contribution < -0.4 is 15.2 Å². The molecule has 0 aromatic heterocycles. The molecule has 2 N–H and O–H groups in total. The summed E-state index contributed by atoms with van der Waals surface area (Å²) in [6.07, 6.45) is 0. The SMILES string of the molecule is Cc1ccccc1Sc1cc2c(cc1N)OCCO2. The predicted octanol–water partition coefficient (Wildman–Crippen LogP) is 3.50. The fraction of sp³-hybridized carbons (Fsp3) is 0.200. The topological polar surface area (TPSA) is 44.5 Å². The fourth-order valence-electron chi connectivity index (χ4n) is 1.96. The third kappa shape index (κ3) is 2.49. The number of anilines is 1. The zero-order chi connectivity index (χ0) is 13.2. The predicted molar refractivity (Wildman–Crippen MR) is 77.1 cm³/mol. The van der Waals surface area contributed by atoms with Gasteiger partial charge in [0.15, 0.2) is 11.5 Å². The van der Waals surface area contributed by atoms with Crippen LogP contribution >= 0.6 is 11.8 Å². The highest BCUT2D eigenvalue weighted by Crippen LogP contribution is 2.41. The van der Waals surface area contributed by atoms with E-state index < -0.39 is 0 Å². The molecule has 19 heavy (non-hydrogen) atoms. The van der Waals surface area contributed by atoms with E-state index in [0.717, 1.165) is 22.1 Å². The van der Waals surface area contributed by atoms with Gasteiger partial charge in [-0.15, -0.1) is 0 Å². The summed E-state index contributed by atoms with van der Waals surface area (Å²) in [4.78, 5) is 2.20. The van der Waals surface area contributed by atoms with Gasteiger partial charge in [-0.25, -0.2) is 0 Å². The molecule has 0 spiro atoms. The van der Waals surface area contributed by atoms with E-state index in [0.29, 0.717) is 13.2 Å². The van der Waals surface area contributed by atoms with Crippen LogP contribution in [0.1, 0.15) is 5.56 Å². The Morgan fingerprint density at radius 1 is 1.00 bits per heavy atom. The van der Waals surface area contributed by atoms with Crippen molar-refractivity contribution in [1.29, 1.82) is 0 Å². The van der Waals surface area contributed by atoms with Gasteiger partial charge in [-0.3, -0.25) is 0 Å². The standard InChI is InChI=1S/C15H15NO2S/c1-10-4-2-3-5-14(10)19-15-9-13-12(8-11(15)16)17-6-7-18-13/h2-5,8-9H,6-7,16H2,1H3. The number of fused-ring (bicyclic) bond motifs is 1. The molecule has 0 saturated carbocycles. The zero-order valence-corrected chi connectivity index (χ0v) is 11.5. The second-order valence-corrected chi connectivity index (χ2v) is 5.49. The van der Waals surface area contributed by atoms with Crippen molar-refractivity contribution in [3.8, 4) is 11.5 Å². The number of ether oxygens (including phenoxy) is 2. The third-order valence-corrected chi connectivity index (χ3v) is 4.24. The average Bonchev–Trinajstić information content (AvgIpc) is 2.42. The largest absolute Gasteiger partial charge is 0.486 e. The first kappa shape index (κ1) is 12.2. The highest BCUT2D eigenvalue weighted by atomic mass is 32.2. The van der Waals surface area contributed by atoms with Crippen molar-refractivity contribution < 1.29 is 9.47 Å². The first-order chi connectivity index (χ1) is 9.24. The maximum atomic E-state index is 6.09. The summed E-state index contributed by atoms with van der Waals surface area (Å²) in [7, 11) is 0. The van der Waals surface area contributed by atoms with Crippen LogP contribution in [0.25, 0.3) is 0 Å². The summed E-state index contributed by atoms with van der Waals surface area (Å²) in [6, 6.07) is 12.1. The van der Waals surface area contributed by atoms with Crippen LogP contribution in [-0.2, 0) is 0 Å². The number of benzene rings is 2. The number of nitrogen functional groups attached to an aromatic ring is 1. The van der Waals surface area contributed by atoms with Gasteiger partial charge in [0.05, 0.1) is 0 Å². The monoisotopic (exact) mass is 273 g/mol. The van der Waals surface area contributed by atoms with Gasteiger partial charge in [0.25, 0.3) is 0 Å². The maximum absolute atomic E-state index is 6.09. The summed E-state index contributed by atoms with van der Waals surface area (Å²) >= 11 is 1.65. The first-order valence-corrected chi connectivity index (χ1v) is 6.98. The quantitative estimate of drug-likeness (QED) is 0.851. The van der Waals surface area contributed by atoms with E-state index in [1.165, 1.54) is 10.5 Å². The zero-order valence-electron chi connectivity index (χ0n) is 10.7. The lowest BCUT2D eigenvalue weighted by Crippen LogP contribution is -2.15. The van der Waals surface area contributed by atoms with Crippen LogP contribution in [0.15, 0.2) is 46.2 Å². The minimum atomic E-state index is 0.580. The Labute approximate surface area is 116 Å². The molecule has 3 nitrogen and oxygen atoms in total. The lowest BCUT2D eigenvalue weighted by Gasteiger charge is -2.20. The van der Waals surface area contributed by atoms with Crippen molar-refractivity contribution in [1.82, 2.24) is 0 Å². The van der Waals surface area contributed by atoms with Crippen LogP contribution in [0, 0.1) is 6.92 Å². The second kappa shape index (κ2) is 5.05. The van der Waals surface area contributed by atoms with Gasteiger partial charge >= 0.3 is 0 Å². The van der Waals surface area contributed by atoms with Crippen LogP contribution in [0.5, 0.6) is 11.5 Å². The Balaban J connectivity index is 1.95. The highest BCUT2D eigenvalue weighted by molar-refractivity contribution is 7.99. The van der Waals surface area contributed by atoms with Gasteiger partial charge in [0.1, 0.15) is 13.2 Å². The van der Waals surface area contributed by atoms with Gasteiger partial charge in [-0.05, 0) is 18.6 Å². The molecule has 1 heterocycles. The molecule has 2 aromatic carbocycles. The molecule has 98 valence electrons. The van der Waals surface area contributed by atoms with Crippen LogP contribution in [0.4, 0.5) is 5.69 Å². The molecule has 0 fully saturated rings. The van der Waals surface area contributed by atoms with Crippen LogP contribution in [0.3, 0.4) is 0 Å². The number of hydrogen-bond donors (Lipinski definition) is 1. The van der Waals surface area contributed by atoms with Crippen molar-refractivity contribution in [2.45, 2.75) is 16.7 Å². The van der Waals surface area contributed by atoms with Crippen molar-refractivity contribution in [2.75, 3.05) is 18.9 Å². The first-order valence-electron chi connectivity index (χ1n) is 6.16. The number of rotatable bonds is 2. The minimum Gasteiger partial charge on any atom is -0.486 e. The molecule has 1 aliphatic rings. The van der Waals surface area contributed by atoms with Gasteiger partial charge in [-0.1, -0.05) is 30.0 Å². The summed E-state index contributed by atoms with van der Waals surface area (Å²) in [6.45, 7) is 3.26. The molecular formula is C15H15NO2S.